The number of amidine groups is 1. The Hall–Kier alpha value is -0.760. The summed E-state index contributed by atoms with van der Waals surface area (Å²) in [6.07, 6.45) is -3.70. The molecule has 0 aliphatic heterocycles. The predicted molar refractivity (Wildman–Crippen MR) is 52.9 cm³/mol. The van der Waals surface area contributed by atoms with Crippen molar-refractivity contribution in [3.8, 4) is 0 Å². The molecule has 0 saturated carbocycles. The molecule has 19 heavy (non-hydrogen) atoms. The molecule has 116 valence electrons. The SMILES string of the molecule is N=C(N)SCC(F)(F)C(F)F.O=S(=O)(O)C(F)(F)F. The van der Waals surface area contributed by atoms with Crippen LogP contribution in [0.5, 0.6) is 0 Å². The van der Waals surface area contributed by atoms with Gasteiger partial charge in [0.2, 0.25) is 0 Å². The van der Waals surface area contributed by atoms with Gasteiger partial charge in [0.05, 0.1) is 5.75 Å². The molecule has 0 spiro atoms. The predicted octanol–water partition coefficient (Wildman–Crippen LogP) is 1.91. The monoisotopic (exact) mass is 340 g/mol. The van der Waals surface area contributed by atoms with Gasteiger partial charge in [-0.1, -0.05) is 11.8 Å². The van der Waals surface area contributed by atoms with Crippen LogP contribution >= 0.6 is 11.8 Å². The van der Waals surface area contributed by atoms with Crippen LogP contribution in [0, 0.1) is 5.41 Å². The van der Waals surface area contributed by atoms with Crippen LogP contribution in [-0.4, -0.2) is 41.7 Å². The van der Waals surface area contributed by atoms with Crippen LogP contribution < -0.4 is 5.73 Å². The number of hydrogen-bond acceptors (Lipinski definition) is 4. The van der Waals surface area contributed by atoms with Crippen molar-refractivity contribution in [3.63, 3.8) is 0 Å². The minimum atomic E-state index is -5.84. The maximum absolute atomic E-state index is 12.0. The zero-order valence-electron chi connectivity index (χ0n) is 8.59. The second kappa shape index (κ2) is 7.14. The molecule has 0 aliphatic rings. The first-order chi connectivity index (χ1) is 8.11. The molecule has 0 fully saturated rings. The lowest BCUT2D eigenvalue weighted by Gasteiger charge is -2.13. The Morgan fingerprint density at radius 1 is 1.26 bits per heavy atom. The number of nitrogens with one attached hydrogen (secondary N) is 1. The Balaban J connectivity index is 0. The van der Waals surface area contributed by atoms with Crippen molar-refractivity contribution in [2.24, 2.45) is 5.73 Å². The van der Waals surface area contributed by atoms with Gasteiger partial charge in [0.25, 0.3) is 0 Å². The van der Waals surface area contributed by atoms with Crippen LogP contribution in [0.1, 0.15) is 0 Å². The molecule has 0 saturated heterocycles. The van der Waals surface area contributed by atoms with E-state index in [-0.39, 0.29) is 11.8 Å². The van der Waals surface area contributed by atoms with Gasteiger partial charge in [-0.25, -0.2) is 8.78 Å². The molecule has 0 aromatic rings. The Bertz CT molecular complexity index is 394. The maximum Gasteiger partial charge on any atom is 0.522 e. The summed E-state index contributed by atoms with van der Waals surface area (Å²) in [7, 11) is -5.84. The van der Waals surface area contributed by atoms with Crippen LogP contribution in [-0.2, 0) is 10.1 Å². The summed E-state index contributed by atoms with van der Waals surface area (Å²) in [4.78, 5) is 0. The highest BCUT2D eigenvalue weighted by Crippen LogP contribution is 2.26. The van der Waals surface area contributed by atoms with Crippen LogP contribution in [0.15, 0.2) is 0 Å². The average Bonchev–Trinajstić information content (AvgIpc) is 2.12. The number of alkyl halides is 7. The number of rotatable bonds is 3. The van der Waals surface area contributed by atoms with E-state index < -0.39 is 38.9 Å². The summed E-state index contributed by atoms with van der Waals surface area (Å²) >= 11 is 0.198. The third kappa shape index (κ3) is 9.77. The normalized spacial score (nSPS) is 12.9. The van der Waals surface area contributed by atoms with Gasteiger partial charge in [0.1, 0.15) is 0 Å². The van der Waals surface area contributed by atoms with Crippen molar-refractivity contribution in [1.29, 1.82) is 5.41 Å². The highest BCUT2D eigenvalue weighted by atomic mass is 32.2. The van der Waals surface area contributed by atoms with Gasteiger partial charge in [-0.15, -0.1) is 0 Å². The molecular formula is C5H7F7N2O3S2. The summed E-state index contributed by atoms with van der Waals surface area (Å²) in [6.45, 7) is 0. The smallest absolute Gasteiger partial charge is 0.379 e. The Morgan fingerprint density at radius 3 is 1.74 bits per heavy atom. The van der Waals surface area contributed by atoms with Gasteiger partial charge in [-0.05, 0) is 0 Å². The zero-order valence-corrected chi connectivity index (χ0v) is 10.2. The number of thioether (sulfide) groups is 1. The Kier molecular flexibility index (Phi) is 7.72. The average molecular weight is 340 g/mol. The quantitative estimate of drug-likeness (QED) is 0.239. The fraction of sp³-hybridized carbons (Fsp3) is 0.800. The van der Waals surface area contributed by atoms with Crippen LogP contribution in [0.2, 0.25) is 0 Å². The van der Waals surface area contributed by atoms with Crippen molar-refractivity contribution < 1.29 is 43.7 Å². The second-order valence-corrected chi connectivity index (χ2v) is 5.07. The zero-order chi connectivity index (χ0) is 16.1. The van der Waals surface area contributed by atoms with E-state index in [2.05, 4.69) is 5.73 Å². The van der Waals surface area contributed by atoms with Crippen molar-refractivity contribution >= 4 is 27.0 Å². The van der Waals surface area contributed by atoms with E-state index in [4.69, 9.17) is 18.4 Å². The highest BCUT2D eigenvalue weighted by Gasteiger charge is 2.44. The molecule has 0 bridgehead atoms. The van der Waals surface area contributed by atoms with Gasteiger partial charge >= 0.3 is 28.0 Å². The number of nitrogens with two attached hydrogens (primary N) is 1. The second-order valence-electron chi connectivity index (χ2n) is 2.64. The first-order valence-corrected chi connectivity index (χ1v) is 6.20. The van der Waals surface area contributed by atoms with Crippen molar-refractivity contribution in [3.05, 3.63) is 0 Å². The van der Waals surface area contributed by atoms with Gasteiger partial charge in [-0.3, -0.25) is 9.96 Å². The molecule has 0 radical (unpaired) electrons. The van der Waals surface area contributed by atoms with E-state index in [1.807, 2.05) is 0 Å². The molecule has 5 nitrogen and oxygen atoms in total. The lowest BCUT2D eigenvalue weighted by molar-refractivity contribution is -0.109. The fourth-order valence-corrected chi connectivity index (χ4v) is 0.711. The summed E-state index contributed by atoms with van der Waals surface area (Å²) in [5.74, 6) is -5.21. The topological polar surface area (TPSA) is 104 Å². The number of hydrogen-bond donors (Lipinski definition) is 3. The summed E-state index contributed by atoms with van der Waals surface area (Å²) in [5, 5.41) is 5.89. The lowest BCUT2D eigenvalue weighted by atomic mass is 10.4. The molecule has 0 atom stereocenters. The number of halogens is 7. The largest absolute Gasteiger partial charge is 0.522 e. The van der Waals surface area contributed by atoms with Crippen molar-refractivity contribution in [2.75, 3.05) is 5.75 Å². The first kappa shape index (κ1) is 20.6. The lowest BCUT2D eigenvalue weighted by Crippen LogP contribution is -2.30. The molecule has 4 N–H and O–H groups in total. The highest BCUT2D eigenvalue weighted by molar-refractivity contribution is 8.13. The summed E-state index contributed by atoms with van der Waals surface area (Å²) < 4.78 is 104. The maximum atomic E-state index is 12.0. The van der Waals surface area contributed by atoms with Crippen LogP contribution in [0.4, 0.5) is 30.7 Å². The fourth-order valence-electron chi connectivity index (χ4n) is 0.237. The molecule has 0 aromatic carbocycles. The Labute approximate surface area is 106 Å². The van der Waals surface area contributed by atoms with E-state index >= 15 is 0 Å². The van der Waals surface area contributed by atoms with Gasteiger partial charge < -0.3 is 5.73 Å². The van der Waals surface area contributed by atoms with Crippen LogP contribution in [0.3, 0.4) is 0 Å². The Morgan fingerprint density at radius 2 is 1.58 bits per heavy atom. The summed E-state index contributed by atoms with van der Waals surface area (Å²) in [5.41, 5.74) is -0.867. The minimum Gasteiger partial charge on any atom is -0.379 e. The molecule has 0 rings (SSSR count). The first-order valence-electron chi connectivity index (χ1n) is 3.78. The van der Waals surface area contributed by atoms with E-state index in [0.29, 0.717) is 0 Å². The van der Waals surface area contributed by atoms with Gasteiger partial charge in [0.15, 0.2) is 5.17 Å². The summed E-state index contributed by atoms with van der Waals surface area (Å²) in [6, 6.07) is 0. The molecule has 0 aromatic heterocycles. The van der Waals surface area contributed by atoms with E-state index in [1.165, 1.54) is 0 Å². The van der Waals surface area contributed by atoms with E-state index in [1.54, 1.807) is 0 Å². The third-order valence-electron chi connectivity index (χ3n) is 1.03. The van der Waals surface area contributed by atoms with Gasteiger partial charge in [-0.2, -0.15) is 30.4 Å². The van der Waals surface area contributed by atoms with Gasteiger partial charge in [0, 0.05) is 0 Å². The van der Waals surface area contributed by atoms with Crippen LogP contribution in [0.25, 0.3) is 0 Å². The molecule has 0 aliphatic carbocycles. The standard InChI is InChI=1S/C4H6F4N2S.CHF3O3S/c5-2(6)4(7,8)1-11-3(9)10;2-1(3,4)8(5,6)7/h2H,1H2,(H3,9,10);(H,5,6,7). The van der Waals surface area contributed by atoms with E-state index in [0.717, 1.165) is 0 Å². The molecule has 0 heterocycles. The van der Waals surface area contributed by atoms with E-state index in [9.17, 15) is 30.7 Å². The molecule has 0 amide bonds. The van der Waals surface area contributed by atoms with Crippen molar-refractivity contribution in [2.45, 2.75) is 17.9 Å². The third-order valence-corrected chi connectivity index (χ3v) is 2.46. The van der Waals surface area contributed by atoms with Crippen molar-refractivity contribution in [1.82, 2.24) is 0 Å². The minimum absolute atomic E-state index is 0.198. The molecular weight excluding hydrogens is 333 g/mol. The molecule has 0 unspecified atom stereocenters. The molecule has 14 heteroatoms.